The summed E-state index contributed by atoms with van der Waals surface area (Å²) in [5, 5.41) is 19.1. The fourth-order valence-corrected chi connectivity index (χ4v) is 3.31. The van der Waals surface area contributed by atoms with Gasteiger partial charge in [0.25, 0.3) is 11.8 Å². The second-order valence-electron chi connectivity index (χ2n) is 5.33. The third-order valence-corrected chi connectivity index (χ3v) is 5.62. The lowest BCUT2D eigenvalue weighted by Gasteiger charge is -2.19. The van der Waals surface area contributed by atoms with Gasteiger partial charge in [-0.2, -0.15) is 0 Å². The molecule has 2 N–H and O–H groups in total. The molecule has 0 fully saturated rings. The van der Waals surface area contributed by atoms with E-state index >= 15 is 0 Å². The SMILES string of the molecule is CCOc1cc(C(=O)O)c(O)cc1N1C(=O)c2cc(Br)c(Br)cc2C1=O. The number of phenols is 1. The van der Waals surface area contributed by atoms with Crippen LogP contribution in [0.2, 0.25) is 0 Å². The maximum absolute atomic E-state index is 12.8. The number of anilines is 1. The number of carbonyl (C=O) groups excluding carboxylic acids is 2. The van der Waals surface area contributed by atoms with Crippen LogP contribution < -0.4 is 9.64 Å². The van der Waals surface area contributed by atoms with Crippen molar-refractivity contribution in [2.75, 3.05) is 11.5 Å². The number of fused-ring (bicyclic) bond motifs is 1. The number of aromatic hydroxyl groups is 1. The molecule has 0 unspecified atom stereocenters. The van der Waals surface area contributed by atoms with Crippen molar-refractivity contribution < 1.29 is 29.3 Å². The molecule has 2 aromatic carbocycles. The Morgan fingerprint density at radius 1 is 1.08 bits per heavy atom. The standard InChI is InChI=1S/C17H11Br2NO6/c1-2-26-14-5-9(17(24)25)13(21)6-12(14)20-15(22)7-3-10(18)11(19)4-8(7)16(20)23/h3-6,21H,2H2,1H3,(H,24,25). The molecule has 2 amide bonds. The number of carbonyl (C=O) groups is 3. The highest BCUT2D eigenvalue weighted by molar-refractivity contribution is 9.13. The molecule has 1 aliphatic heterocycles. The summed E-state index contributed by atoms with van der Waals surface area (Å²) in [5.41, 5.74) is -0.0317. The van der Waals surface area contributed by atoms with Crippen LogP contribution in [-0.2, 0) is 0 Å². The minimum absolute atomic E-state index is 0.00957. The normalized spacial score (nSPS) is 13.1. The van der Waals surface area contributed by atoms with E-state index in [-0.39, 0.29) is 34.7 Å². The van der Waals surface area contributed by atoms with Gasteiger partial charge in [-0.25, -0.2) is 9.69 Å². The number of hydrogen-bond acceptors (Lipinski definition) is 5. The van der Waals surface area contributed by atoms with Crippen molar-refractivity contribution >= 4 is 55.3 Å². The summed E-state index contributed by atoms with van der Waals surface area (Å²) >= 11 is 6.58. The Morgan fingerprint density at radius 2 is 1.62 bits per heavy atom. The van der Waals surface area contributed by atoms with Gasteiger partial charge < -0.3 is 14.9 Å². The molecular weight excluding hydrogens is 474 g/mol. The Kier molecular flexibility index (Phi) is 4.76. The molecule has 0 aliphatic carbocycles. The lowest BCUT2D eigenvalue weighted by Crippen LogP contribution is -2.30. The fourth-order valence-electron chi connectivity index (χ4n) is 2.63. The second-order valence-corrected chi connectivity index (χ2v) is 7.04. The first-order chi connectivity index (χ1) is 12.3. The van der Waals surface area contributed by atoms with Crippen molar-refractivity contribution in [3.8, 4) is 11.5 Å². The highest BCUT2D eigenvalue weighted by atomic mass is 79.9. The van der Waals surface area contributed by atoms with Crippen LogP contribution in [0.4, 0.5) is 5.69 Å². The molecule has 2 aromatic rings. The van der Waals surface area contributed by atoms with Crippen molar-refractivity contribution in [2.45, 2.75) is 6.92 Å². The first kappa shape index (κ1) is 18.4. The molecule has 0 radical (unpaired) electrons. The van der Waals surface area contributed by atoms with Crippen LogP contribution >= 0.6 is 31.9 Å². The highest BCUT2D eigenvalue weighted by Gasteiger charge is 2.39. The average Bonchev–Trinajstić information content (AvgIpc) is 2.80. The van der Waals surface area contributed by atoms with Crippen LogP contribution in [0.5, 0.6) is 11.5 Å². The Balaban J connectivity index is 2.18. The second kappa shape index (κ2) is 6.73. The number of nitrogens with zero attached hydrogens (tertiary/aromatic N) is 1. The number of halogens is 2. The molecule has 0 saturated carbocycles. The number of amides is 2. The summed E-state index contributed by atoms with van der Waals surface area (Å²) in [6.45, 7) is 1.85. The average molecular weight is 485 g/mol. The number of hydrogen-bond donors (Lipinski definition) is 2. The van der Waals surface area contributed by atoms with Gasteiger partial charge in [0.05, 0.1) is 23.4 Å². The lowest BCUT2D eigenvalue weighted by atomic mass is 10.1. The Bertz CT molecular complexity index is 931. The monoisotopic (exact) mass is 483 g/mol. The number of aromatic carboxylic acids is 1. The minimum Gasteiger partial charge on any atom is -0.507 e. The fraction of sp³-hybridized carbons (Fsp3) is 0.118. The maximum atomic E-state index is 12.8. The van der Waals surface area contributed by atoms with Crippen LogP contribution in [0, 0.1) is 0 Å². The van der Waals surface area contributed by atoms with E-state index in [1.165, 1.54) is 12.1 Å². The van der Waals surface area contributed by atoms with Gasteiger partial charge in [-0.1, -0.05) is 0 Å². The van der Waals surface area contributed by atoms with Crippen LogP contribution in [-0.4, -0.2) is 34.6 Å². The molecule has 0 spiro atoms. The number of imide groups is 1. The zero-order valence-electron chi connectivity index (χ0n) is 13.2. The van der Waals surface area contributed by atoms with E-state index in [0.717, 1.165) is 17.0 Å². The van der Waals surface area contributed by atoms with E-state index < -0.39 is 23.5 Å². The molecule has 7 nitrogen and oxygen atoms in total. The van der Waals surface area contributed by atoms with Gasteiger partial charge in [0.2, 0.25) is 0 Å². The first-order valence-electron chi connectivity index (χ1n) is 7.37. The Morgan fingerprint density at radius 3 is 2.08 bits per heavy atom. The van der Waals surface area contributed by atoms with E-state index in [1.807, 2.05) is 0 Å². The van der Waals surface area contributed by atoms with Crippen LogP contribution in [0.1, 0.15) is 38.0 Å². The number of rotatable bonds is 4. The topological polar surface area (TPSA) is 104 Å². The summed E-state index contributed by atoms with van der Waals surface area (Å²) in [5.74, 6) is -3.11. The zero-order chi connectivity index (χ0) is 19.2. The van der Waals surface area contributed by atoms with Crippen LogP contribution in [0.25, 0.3) is 0 Å². The summed E-state index contributed by atoms with van der Waals surface area (Å²) in [6.07, 6.45) is 0. The molecule has 1 aliphatic rings. The van der Waals surface area contributed by atoms with Gasteiger partial charge in [0.15, 0.2) is 0 Å². The van der Waals surface area contributed by atoms with Crippen LogP contribution in [0.3, 0.4) is 0 Å². The van der Waals surface area contributed by atoms with Gasteiger partial charge >= 0.3 is 5.97 Å². The van der Waals surface area contributed by atoms with E-state index in [2.05, 4.69) is 31.9 Å². The van der Waals surface area contributed by atoms with Crippen molar-refractivity contribution in [3.05, 3.63) is 49.9 Å². The molecule has 134 valence electrons. The maximum Gasteiger partial charge on any atom is 0.339 e. The Hall–Kier alpha value is -2.39. The summed E-state index contributed by atoms with van der Waals surface area (Å²) in [7, 11) is 0. The molecule has 0 atom stereocenters. The quantitative estimate of drug-likeness (QED) is 0.639. The van der Waals surface area contributed by atoms with E-state index in [0.29, 0.717) is 8.95 Å². The van der Waals surface area contributed by atoms with Crippen molar-refractivity contribution in [1.29, 1.82) is 0 Å². The summed E-state index contributed by atoms with van der Waals surface area (Å²) < 4.78 is 6.61. The largest absolute Gasteiger partial charge is 0.507 e. The van der Waals surface area contributed by atoms with Crippen LogP contribution in [0.15, 0.2) is 33.2 Å². The summed E-state index contributed by atoms with van der Waals surface area (Å²) in [4.78, 5) is 37.6. The summed E-state index contributed by atoms with van der Waals surface area (Å²) in [6, 6.07) is 5.17. The number of ether oxygens (including phenoxy) is 1. The smallest absolute Gasteiger partial charge is 0.339 e. The number of benzene rings is 2. The molecule has 1 heterocycles. The molecule has 26 heavy (non-hydrogen) atoms. The molecule has 0 bridgehead atoms. The van der Waals surface area contributed by atoms with Gasteiger partial charge in [0, 0.05) is 21.1 Å². The molecule has 0 saturated heterocycles. The molecule has 0 aromatic heterocycles. The highest BCUT2D eigenvalue weighted by Crippen LogP contribution is 2.40. The lowest BCUT2D eigenvalue weighted by molar-refractivity contribution is 0.0693. The van der Waals surface area contributed by atoms with Gasteiger partial charge in [-0.05, 0) is 50.9 Å². The van der Waals surface area contributed by atoms with Crippen molar-refractivity contribution in [2.24, 2.45) is 0 Å². The van der Waals surface area contributed by atoms with Gasteiger partial charge in [-0.15, -0.1) is 0 Å². The van der Waals surface area contributed by atoms with Gasteiger partial charge in [0.1, 0.15) is 17.1 Å². The molecule has 3 rings (SSSR count). The van der Waals surface area contributed by atoms with E-state index in [4.69, 9.17) is 9.84 Å². The van der Waals surface area contributed by atoms with Crippen molar-refractivity contribution in [3.63, 3.8) is 0 Å². The number of carboxylic acids is 1. The number of carboxylic acid groups (broad SMARTS) is 1. The first-order valence-corrected chi connectivity index (χ1v) is 8.95. The van der Waals surface area contributed by atoms with E-state index in [9.17, 15) is 19.5 Å². The molecular formula is C17H11Br2NO6. The van der Waals surface area contributed by atoms with Crippen molar-refractivity contribution in [1.82, 2.24) is 0 Å². The predicted molar refractivity (Wildman–Crippen MR) is 99.2 cm³/mol. The van der Waals surface area contributed by atoms with E-state index in [1.54, 1.807) is 6.92 Å². The third-order valence-electron chi connectivity index (χ3n) is 3.78. The Labute approximate surface area is 164 Å². The van der Waals surface area contributed by atoms with Gasteiger partial charge in [-0.3, -0.25) is 9.59 Å². The minimum atomic E-state index is -1.36. The predicted octanol–water partition coefficient (Wildman–Crippen LogP) is 3.81. The molecule has 9 heteroatoms. The third kappa shape index (κ3) is 2.86. The zero-order valence-corrected chi connectivity index (χ0v) is 16.4.